The summed E-state index contributed by atoms with van der Waals surface area (Å²) in [5.41, 5.74) is 1.27. The van der Waals surface area contributed by atoms with Gasteiger partial charge in [-0.3, -0.25) is 4.79 Å². The fourth-order valence-corrected chi connectivity index (χ4v) is 4.74. The summed E-state index contributed by atoms with van der Waals surface area (Å²) in [5, 5.41) is 11.3. The first kappa shape index (κ1) is 16.7. The van der Waals surface area contributed by atoms with Crippen LogP contribution < -0.4 is 5.32 Å². The van der Waals surface area contributed by atoms with Gasteiger partial charge in [-0.2, -0.15) is 0 Å². The molecule has 0 radical (unpaired) electrons. The van der Waals surface area contributed by atoms with Crippen LogP contribution in [0.3, 0.4) is 0 Å². The largest absolute Gasteiger partial charge is 0.465 e. The van der Waals surface area contributed by atoms with Gasteiger partial charge < -0.3 is 10.1 Å². The Balaban J connectivity index is 1.96. The quantitative estimate of drug-likeness (QED) is 0.584. The summed E-state index contributed by atoms with van der Waals surface area (Å²) < 4.78 is 6.33. The lowest BCUT2D eigenvalue weighted by molar-refractivity contribution is -0.153. The standard InChI is InChI=1S/C14H23N3O2S2/c1-3-15-14(12(18)19-4-2)8-5-6-11(14)7-9-20-13-17-16-10-21-13/h10-11,15H,3-9H2,1-2H3. The van der Waals surface area contributed by atoms with Crippen LogP contribution >= 0.6 is 23.1 Å². The van der Waals surface area contributed by atoms with Gasteiger partial charge >= 0.3 is 5.97 Å². The molecule has 1 fully saturated rings. The second kappa shape index (κ2) is 8.10. The van der Waals surface area contributed by atoms with E-state index in [0.29, 0.717) is 12.5 Å². The van der Waals surface area contributed by atoms with Crippen LogP contribution in [0, 0.1) is 5.92 Å². The summed E-state index contributed by atoms with van der Waals surface area (Å²) in [4.78, 5) is 12.4. The number of carbonyl (C=O) groups is 1. The van der Waals surface area contributed by atoms with Crippen molar-refractivity contribution >= 4 is 29.1 Å². The van der Waals surface area contributed by atoms with E-state index in [1.165, 1.54) is 0 Å². The number of nitrogens with one attached hydrogen (secondary N) is 1. The smallest absolute Gasteiger partial charge is 0.326 e. The number of hydrogen-bond donors (Lipinski definition) is 1. The number of rotatable bonds is 8. The number of ether oxygens (including phenoxy) is 1. The summed E-state index contributed by atoms with van der Waals surface area (Å²) in [6.07, 6.45) is 4.05. The summed E-state index contributed by atoms with van der Waals surface area (Å²) in [5.74, 6) is 1.24. The van der Waals surface area contributed by atoms with Crippen LogP contribution in [0.2, 0.25) is 0 Å². The lowest BCUT2D eigenvalue weighted by Gasteiger charge is -2.34. The summed E-state index contributed by atoms with van der Waals surface area (Å²) in [6, 6.07) is 0. The van der Waals surface area contributed by atoms with E-state index in [9.17, 15) is 4.79 Å². The van der Waals surface area contributed by atoms with Gasteiger partial charge in [0, 0.05) is 5.75 Å². The topological polar surface area (TPSA) is 64.1 Å². The van der Waals surface area contributed by atoms with Crippen LogP contribution in [0.4, 0.5) is 0 Å². The molecule has 2 rings (SSSR count). The van der Waals surface area contributed by atoms with Gasteiger partial charge in [-0.25, -0.2) is 0 Å². The molecule has 0 spiro atoms. The number of nitrogens with zero attached hydrogens (tertiary/aromatic N) is 2. The molecular formula is C14H23N3O2S2. The van der Waals surface area contributed by atoms with Gasteiger partial charge in [-0.1, -0.05) is 36.4 Å². The van der Waals surface area contributed by atoms with Crippen molar-refractivity contribution in [3.63, 3.8) is 0 Å². The highest BCUT2D eigenvalue weighted by atomic mass is 32.2. The molecule has 0 aliphatic heterocycles. The average Bonchev–Trinajstić information content (AvgIpc) is 3.11. The van der Waals surface area contributed by atoms with Gasteiger partial charge in [-0.15, -0.1) is 10.2 Å². The van der Waals surface area contributed by atoms with Gasteiger partial charge in [0.05, 0.1) is 6.61 Å². The molecule has 1 aliphatic carbocycles. The fraction of sp³-hybridized carbons (Fsp3) is 0.786. The molecule has 0 bridgehead atoms. The Kier molecular flexibility index (Phi) is 6.44. The first-order valence-corrected chi connectivity index (χ1v) is 9.40. The second-order valence-electron chi connectivity index (χ2n) is 5.15. The van der Waals surface area contributed by atoms with E-state index in [2.05, 4.69) is 15.5 Å². The Morgan fingerprint density at radius 2 is 2.48 bits per heavy atom. The number of aromatic nitrogens is 2. The van der Waals surface area contributed by atoms with Crippen molar-refractivity contribution in [2.24, 2.45) is 5.92 Å². The first-order valence-electron chi connectivity index (χ1n) is 7.54. The van der Waals surface area contributed by atoms with Crippen LogP contribution in [-0.2, 0) is 9.53 Å². The number of esters is 1. The van der Waals surface area contributed by atoms with E-state index in [1.807, 2.05) is 13.8 Å². The molecule has 118 valence electrons. The molecule has 2 unspecified atom stereocenters. The van der Waals surface area contributed by atoms with Crippen molar-refractivity contribution in [3.05, 3.63) is 5.51 Å². The van der Waals surface area contributed by atoms with Gasteiger partial charge in [0.15, 0.2) is 4.34 Å². The van der Waals surface area contributed by atoms with Crippen molar-refractivity contribution in [2.75, 3.05) is 18.9 Å². The zero-order valence-electron chi connectivity index (χ0n) is 12.6. The van der Waals surface area contributed by atoms with Crippen molar-refractivity contribution in [2.45, 2.75) is 49.4 Å². The maximum atomic E-state index is 12.4. The monoisotopic (exact) mass is 329 g/mol. The number of hydrogen-bond acceptors (Lipinski definition) is 7. The van der Waals surface area contributed by atoms with Crippen LogP contribution in [-0.4, -0.2) is 40.6 Å². The second-order valence-corrected chi connectivity index (χ2v) is 7.33. The lowest BCUT2D eigenvalue weighted by atomic mass is 9.85. The Hall–Kier alpha value is -0.660. The molecule has 0 aromatic carbocycles. The molecule has 7 heteroatoms. The number of carbonyl (C=O) groups excluding carboxylic acids is 1. The third-order valence-electron chi connectivity index (χ3n) is 3.98. The van der Waals surface area contributed by atoms with E-state index < -0.39 is 5.54 Å². The van der Waals surface area contributed by atoms with E-state index >= 15 is 0 Å². The predicted molar refractivity (Wildman–Crippen MR) is 85.6 cm³/mol. The van der Waals surface area contributed by atoms with E-state index in [0.717, 1.165) is 42.3 Å². The summed E-state index contributed by atoms with van der Waals surface area (Å²) in [6.45, 7) is 5.15. The van der Waals surface area contributed by atoms with Crippen molar-refractivity contribution in [1.29, 1.82) is 0 Å². The average molecular weight is 329 g/mol. The van der Waals surface area contributed by atoms with E-state index in [-0.39, 0.29) is 5.97 Å². The molecule has 2 atom stereocenters. The number of thioether (sulfide) groups is 1. The molecule has 21 heavy (non-hydrogen) atoms. The van der Waals surface area contributed by atoms with Gasteiger partial charge in [0.1, 0.15) is 11.0 Å². The van der Waals surface area contributed by atoms with E-state index in [1.54, 1.807) is 28.6 Å². The molecule has 1 aliphatic rings. The highest BCUT2D eigenvalue weighted by Gasteiger charge is 2.49. The normalized spacial score (nSPS) is 25.1. The third-order valence-corrected chi connectivity index (χ3v) is 5.88. The van der Waals surface area contributed by atoms with Crippen LogP contribution in [0.15, 0.2) is 9.85 Å². The zero-order valence-corrected chi connectivity index (χ0v) is 14.3. The molecule has 1 saturated carbocycles. The van der Waals surface area contributed by atoms with Crippen LogP contribution in [0.5, 0.6) is 0 Å². The predicted octanol–water partition coefficient (Wildman–Crippen LogP) is 2.73. The molecule has 0 saturated heterocycles. The molecule has 5 nitrogen and oxygen atoms in total. The summed E-state index contributed by atoms with van der Waals surface area (Å²) in [7, 11) is 0. The number of likely N-dealkylation sites (N-methyl/N-ethyl adjacent to an activating group) is 1. The maximum Gasteiger partial charge on any atom is 0.326 e. The molecule has 1 aromatic rings. The molecule has 1 heterocycles. The minimum absolute atomic E-state index is 0.0738. The highest BCUT2D eigenvalue weighted by Crippen LogP contribution is 2.40. The minimum Gasteiger partial charge on any atom is -0.465 e. The van der Waals surface area contributed by atoms with E-state index in [4.69, 9.17) is 4.74 Å². The highest BCUT2D eigenvalue weighted by molar-refractivity contribution is 8.00. The summed E-state index contributed by atoms with van der Waals surface area (Å²) >= 11 is 3.29. The lowest BCUT2D eigenvalue weighted by Crippen LogP contribution is -2.55. The van der Waals surface area contributed by atoms with Gasteiger partial charge in [0.25, 0.3) is 0 Å². The van der Waals surface area contributed by atoms with Crippen LogP contribution in [0.25, 0.3) is 0 Å². The van der Waals surface area contributed by atoms with Crippen molar-refractivity contribution < 1.29 is 9.53 Å². The third kappa shape index (κ3) is 3.96. The molecule has 1 aromatic heterocycles. The van der Waals surface area contributed by atoms with Crippen LogP contribution in [0.1, 0.15) is 39.5 Å². The SMILES string of the molecule is CCNC1(C(=O)OCC)CCCC1CCSc1nncs1. The molecule has 0 amide bonds. The fourth-order valence-electron chi connectivity index (χ4n) is 3.13. The Morgan fingerprint density at radius 3 is 3.14 bits per heavy atom. The molecular weight excluding hydrogens is 306 g/mol. The van der Waals surface area contributed by atoms with Gasteiger partial charge in [-0.05, 0) is 38.6 Å². The Morgan fingerprint density at radius 1 is 1.62 bits per heavy atom. The first-order chi connectivity index (χ1) is 10.2. The van der Waals surface area contributed by atoms with Crippen molar-refractivity contribution in [1.82, 2.24) is 15.5 Å². The zero-order chi connectivity index (χ0) is 15.1. The van der Waals surface area contributed by atoms with Crippen molar-refractivity contribution in [3.8, 4) is 0 Å². The minimum atomic E-state index is -0.480. The van der Waals surface area contributed by atoms with Gasteiger partial charge in [0.2, 0.25) is 0 Å². The Bertz CT molecular complexity index is 441. The maximum absolute atomic E-state index is 12.4. The molecule has 1 N–H and O–H groups in total. The Labute approximate surface area is 134 Å².